The van der Waals surface area contributed by atoms with Gasteiger partial charge in [-0.2, -0.15) is 0 Å². The van der Waals surface area contributed by atoms with Crippen molar-refractivity contribution in [1.29, 1.82) is 0 Å². The van der Waals surface area contributed by atoms with Gasteiger partial charge in [-0.05, 0) is 17.7 Å². The van der Waals surface area contributed by atoms with Crippen LogP contribution >= 0.6 is 11.6 Å². The van der Waals surface area contributed by atoms with E-state index >= 15 is 0 Å². The molecule has 2 nitrogen and oxygen atoms in total. The van der Waals surface area contributed by atoms with Crippen LogP contribution < -0.4 is 4.90 Å². The Hall–Kier alpha value is -0.925. The molecular formula is C10H12BClNO. The van der Waals surface area contributed by atoms with Gasteiger partial charge in [0.05, 0.1) is 10.7 Å². The van der Waals surface area contributed by atoms with E-state index in [0.29, 0.717) is 5.02 Å². The van der Waals surface area contributed by atoms with Gasteiger partial charge in [-0.15, -0.1) is 0 Å². The zero-order chi connectivity index (χ0) is 10.6. The molecule has 73 valence electrons. The Morgan fingerprint density at radius 2 is 2.14 bits per heavy atom. The summed E-state index contributed by atoms with van der Waals surface area (Å²) < 4.78 is 0. The minimum atomic E-state index is 0.704. The largest absolute Gasteiger partial charge is 0.450 e. The van der Waals surface area contributed by atoms with E-state index in [0.717, 1.165) is 18.7 Å². The van der Waals surface area contributed by atoms with Gasteiger partial charge in [0.1, 0.15) is 0 Å². The van der Waals surface area contributed by atoms with E-state index < -0.39 is 0 Å². The van der Waals surface area contributed by atoms with Crippen LogP contribution in [0.3, 0.4) is 0 Å². The molecule has 0 bridgehead atoms. The van der Waals surface area contributed by atoms with Crippen LogP contribution in [0.2, 0.25) is 5.02 Å². The van der Waals surface area contributed by atoms with Crippen LogP contribution in [0.4, 0.5) is 5.69 Å². The van der Waals surface area contributed by atoms with Gasteiger partial charge in [0, 0.05) is 14.1 Å². The Morgan fingerprint density at radius 3 is 2.64 bits per heavy atom. The average Bonchev–Trinajstić information content (AvgIpc) is 2.14. The lowest BCUT2D eigenvalue weighted by molar-refractivity contribution is 0.615. The predicted molar refractivity (Wildman–Crippen MR) is 62.8 cm³/mol. The number of nitrogens with zero attached hydrogens (tertiary/aromatic N) is 1. The Balaban J connectivity index is 2.94. The third kappa shape index (κ3) is 2.79. The van der Waals surface area contributed by atoms with Crippen molar-refractivity contribution in [2.45, 2.75) is 0 Å². The highest BCUT2D eigenvalue weighted by Crippen LogP contribution is 2.25. The monoisotopic (exact) mass is 208 g/mol. The van der Waals surface area contributed by atoms with Crippen LogP contribution in [0.25, 0.3) is 6.08 Å². The zero-order valence-electron chi connectivity index (χ0n) is 8.24. The summed E-state index contributed by atoms with van der Waals surface area (Å²) in [6.07, 6.45) is 1.78. The summed E-state index contributed by atoms with van der Waals surface area (Å²) >= 11 is 6.06. The first-order valence-corrected chi connectivity index (χ1v) is 4.64. The van der Waals surface area contributed by atoms with Crippen molar-refractivity contribution in [3.8, 4) is 0 Å². The fraction of sp³-hybridized carbons (Fsp3) is 0.200. The van der Waals surface area contributed by atoms with Crippen molar-refractivity contribution >= 4 is 30.8 Å². The van der Waals surface area contributed by atoms with Crippen LogP contribution in [0.1, 0.15) is 5.56 Å². The van der Waals surface area contributed by atoms with Crippen LogP contribution in [-0.2, 0) is 0 Å². The molecule has 1 radical (unpaired) electrons. The molecule has 1 aromatic rings. The second-order valence-electron chi connectivity index (χ2n) is 3.11. The average molecular weight is 208 g/mol. The molecule has 4 heteroatoms. The van der Waals surface area contributed by atoms with Gasteiger partial charge in [-0.1, -0.05) is 29.7 Å². The van der Waals surface area contributed by atoms with E-state index in [1.54, 1.807) is 12.1 Å². The maximum atomic E-state index is 8.49. The van der Waals surface area contributed by atoms with E-state index in [2.05, 4.69) is 0 Å². The fourth-order valence-corrected chi connectivity index (χ4v) is 1.50. The molecule has 0 aromatic heterocycles. The number of hydrogen-bond donors (Lipinski definition) is 1. The number of benzene rings is 1. The van der Waals surface area contributed by atoms with E-state index in [1.807, 2.05) is 37.2 Å². The van der Waals surface area contributed by atoms with E-state index in [-0.39, 0.29) is 0 Å². The minimum Gasteiger partial charge on any atom is -0.450 e. The lowest BCUT2D eigenvalue weighted by Gasteiger charge is -2.14. The summed E-state index contributed by atoms with van der Waals surface area (Å²) in [7, 11) is 4.88. The minimum absolute atomic E-state index is 0.704. The quantitative estimate of drug-likeness (QED) is 0.768. The summed E-state index contributed by atoms with van der Waals surface area (Å²) in [5, 5.41) is 9.19. The Bertz CT molecular complexity index is 339. The molecule has 14 heavy (non-hydrogen) atoms. The molecule has 0 aliphatic rings. The molecule has 0 atom stereocenters. The van der Waals surface area contributed by atoms with Gasteiger partial charge in [-0.3, -0.25) is 0 Å². The first-order valence-electron chi connectivity index (χ1n) is 4.26. The summed E-state index contributed by atoms with van der Waals surface area (Å²) in [5.74, 6) is 1.56. The van der Waals surface area contributed by atoms with Gasteiger partial charge in [0.2, 0.25) is 0 Å². The zero-order valence-corrected chi connectivity index (χ0v) is 8.99. The van der Waals surface area contributed by atoms with Gasteiger partial charge >= 0.3 is 7.48 Å². The molecule has 0 aliphatic carbocycles. The van der Waals surface area contributed by atoms with Crippen molar-refractivity contribution in [1.82, 2.24) is 0 Å². The summed E-state index contributed by atoms with van der Waals surface area (Å²) in [5.41, 5.74) is 1.95. The SMILES string of the molecule is CN(C)c1ccc(/C=C/[B]O)cc1Cl. The molecule has 0 aliphatic heterocycles. The Kier molecular flexibility index (Phi) is 4.05. The standard InChI is InChI=1S/C10H12BClNO/c1-13(2)10-4-3-8(5-6-11-14)7-9(10)12/h3-7,14H,1-2H3/b6-5+. The molecule has 1 rings (SSSR count). The predicted octanol–water partition coefficient (Wildman–Crippen LogP) is 1.99. The number of anilines is 1. The maximum Gasteiger partial charge on any atom is 0.318 e. The third-order valence-electron chi connectivity index (χ3n) is 1.83. The highest BCUT2D eigenvalue weighted by Gasteiger charge is 2.01. The molecule has 1 aromatic carbocycles. The normalized spacial score (nSPS) is 10.6. The lowest BCUT2D eigenvalue weighted by atomic mass is 10.0. The van der Waals surface area contributed by atoms with Crippen molar-refractivity contribution in [3.05, 3.63) is 34.8 Å². The van der Waals surface area contributed by atoms with E-state index in [9.17, 15) is 0 Å². The molecule has 0 saturated carbocycles. The van der Waals surface area contributed by atoms with Crippen molar-refractivity contribution in [3.63, 3.8) is 0 Å². The Labute approximate surface area is 90.1 Å². The molecule has 0 unspecified atom stereocenters. The van der Waals surface area contributed by atoms with E-state index in [4.69, 9.17) is 16.6 Å². The summed E-state index contributed by atoms with van der Waals surface area (Å²) in [6.45, 7) is 0. The third-order valence-corrected chi connectivity index (χ3v) is 2.13. The fourth-order valence-electron chi connectivity index (χ4n) is 1.14. The van der Waals surface area contributed by atoms with Crippen LogP contribution in [0, 0.1) is 0 Å². The smallest absolute Gasteiger partial charge is 0.318 e. The molecule has 1 N–H and O–H groups in total. The van der Waals surface area contributed by atoms with Crippen LogP contribution in [0.5, 0.6) is 0 Å². The highest BCUT2D eigenvalue weighted by atomic mass is 35.5. The van der Waals surface area contributed by atoms with Gasteiger partial charge in [-0.25, -0.2) is 0 Å². The molecule has 0 amide bonds. The second kappa shape index (κ2) is 5.08. The molecule has 0 saturated heterocycles. The van der Waals surface area contributed by atoms with Crippen LogP contribution in [0.15, 0.2) is 24.2 Å². The molecule has 0 spiro atoms. The van der Waals surface area contributed by atoms with Crippen molar-refractivity contribution < 1.29 is 5.02 Å². The van der Waals surface area contributed by atoms with E-state index in [1.165, 1.54) is 0 Å². The van der Waals surface area contributed by atoms with Gasteiger partial charge in [0.25, 0.3) is 0 Å². The van der Waals surface area contributed by atoms with Gasteiger partial charge < -0.3 is 9.92 Å². The summed E-state index contributed by atoms with van der Waals surface area (Å²) in [6, 6.07) is 5.75. The Morgan fingerprint density at radius 1 is 1.43 bits per heavy atom. The van der Waals surface area contributed by atoms with Crippen molar-refractivity contribution in [2.24, 2.45) is 0 Å². The molecular weight excluding hydrogens is 196 g/mol. The number of rotatable bonds is 3. The first kappa shape index (κ1) is 11.2. The van der Waals surface area contributed by atoms with Crippen LogP contribution in [-0.4, -0.2) is 26.6 Å². The molecule has 0 fully saturated rings. The first-order chi connectivity index (χ1) is 6.65. The second-order valence-corrected chi connectivity index (χ2v) is 3.52. The number of halogens is 1. The molecule has 0 heterocycles. The van der Waals surface area contributed by atoms with Gasteiger partial charge in [0.15, 0.2) is 0 Å². The maximum absolute atomic E-state index is 8.49. The number of hydrogen-bond acceptors (Lipinski definition) is 2. The van der Waals surface area contributed by atoms with Crippen molar-refractivity contribution in [2.75, 3.05) is 19.0 Å². The topological polar surface area (TPSA) is 23.5 Å². The highest BCUT2D eigenvalue weighted by molar-refractivity contribution is 6.34. The summed E-state index contributed by atoms with van der Waals surface area (Å²) in [4.78, 5) is 1.95. The lowest BCUT2D eigenvalue weighted by Crippen LogP contribution is -2.08.